The number of benzene rings is 6. The smallest absolute Gasteiger partial charge is 0.160 e. The van der Waals surface area contributed by atoms with E-state index in [1.807, 2.05) is 42.5 Å². The van der Waals surface area contributed by atoms with Crippen LogP contribution in [0.25, 0.3) is 83.4 Å². The van der Waals surface area contributed by atoms with Crippen LogP contribution >= 0.6 is 0 Å². The fourth-order valence-corrected chi connectivity index (χ4v) is 6.39. The molecule has 0 saturated heterocycles. The Labute approximate surface area is 259 Å². The highest BCUT2D eigenvalue weighted by atomic mass is 15.0. The van der Waals surface area contributed by atoms with Crippen LogP contribution in [0.4, 0.5) is 0 Å². The zero-order valence-electron chi connectivity index (χ0n) is 24.3. The summed E-state index contributed by atoms with van der Waals surface area (Å²) >= 11 is 0. The molecule has 4 heteroatoms. The van der Waals surface area contributed by atoms with Gasteiger partial charge < -0.3 is 0 Å². The standard InChI is InChI=1S/C41H26N4/c1-3-11-28(12-4-1)36-26-37(43-40(42-36)30-13-5-2-6-14-30)29-21-19-27(20-22-29)31-23-24-38-34(25-31)32-15-7-8-16-33(32)41-44-35-17-9-10-18-39(35)45(38)41/h1-26H. The number of pyridine rings is 1. The summed E-state index contributed by atoms with van der Waals surface area (Å²) in [5.41, 5.74) is 11.5. The van der Waals surface area contributed by atoms with E-state index < -0.39 is 0 Å². The Hall–Kier alpha value is -6.13. The molecule has 0 unspecified atom stereocenters. The maximum Gasteiger partial charge on any atom is 0.160 e. The van der Waals surface area contributed by atoms with Crippen LogP contribution in [0.1, 0.15) is 0 Å². The first-order valence-electron chi connectivity index (χ1n) is 15.1. The van der Waals surface area contributed by atoms with Crippen LogP contribution in [-0.4, -0.2) is 19.4 Å². The van der Waals surface area contributed by atoms with Crippen molar-refractivity contribution in [3.8, 4) is 45.0 Å². The highest BCUT2D eigenvalue weighted by Crippen LogP contribution is 2.35. The van der Waals surface area contributed by atoms with Gasteiger partial charge >= 0.3 is 0 Å². The van der Waals surface area contributed by atoms with Gasteiger partial charge in [0, 0.05) is 27.5 Å². The van der Waals surface area contributed by atoms with E-state index in [-0.39, 0.29) is 0 Å². The molecule has 0 amide bonds. The number of imidazole rings is 1. The molecule has 3 aromatic heterocycles. The first kappa shape index (κ1) is 25.4. The van der Waals surface area contributed by atoms with Crippen molar-refractivity contribution in [1.82, 2.24) is 19.4 Å². The van der Waals surface area contributed by atoms with Crippen LogP contribution in [0.5, 0.6) is 0 Å². The SMILES string of the molecule is c1ccc(-c2cc(-c3ccc(-c4ccc5c(c4)c4ccccc4c4nc6ccccc6n54)cc3)nc(-c3ccccc3)n2)cc1. The normalized spacial score (nSPS) is 11.6. The molecule has 0 saturated carbocycles. The maximum absolute atomic E-state index is 5.02. The van der Waals surface area contributed by atoms with Crippen molar-refractivity contribution in [2.45, 2.75) is 0 Å². The summed E-state index contributed by atoms with van der Waals surface area (Å²) in [6.45, 7) is 0. The summed E-state index contributed by atoms with van der Waals surface area (Å²) in [6, 6.07) is 55.0. The molecule has 0 atom stereocenters. The Kier molecular flexibility index (Phi) is 5.78. The van der Waals surface area contributed by atoms with Crippen LogP contribution in [0.2, 0.25) is 0 Å². The van der Waals surface area contributed by atoms with E-state index in [1.165, 1.54) is 16.3 Å². The molecule has 6 aromatic carbocycles. The van der Waals surface area contributed by atoms with E-state index >= 15 is 0 Å². The molecule has 0 N–H and O–H groups in total. The van der Waals surface area contributed by atoms with Gasteiger partial charge in [0.05, 0.1) is 27.9 Å². The number of para-hydroxylation sites is 2. The lowest BCUT2D eigenvalue weighted by Crippen LogP contribution is -1.95. The van der Waals surface area contributed by atoms with Gasteiger partial charge in [-0.25, -0.2) is 15.0 Å². The third-order valence-corrected chi connectivity index (χ3v) is 8.60. The van der Waals surface area contributed by atoms with Crippen molar-refractivity contribution >= 4 is 38.4 Å². The minimum absolute atomic E-state index is 0.718. The van der Waals surface area contributed by atoms with E-state index in [9.17, 15) is 0 Å². The van der Waals surface area contributed by atoms with E-state index in [4.69, 9.17) is 15.0 Å². The van der Waals surface area contributed by atoms with Crippen LogP contribution in [0.3, 0.4) is 0 Å². The Balaban J connectivity index is 1.17. The molecule has 0 fully saturated rings. The molecule has 4 nitrogen and oxygen atoms in total. The summed E-state index contributed by atoms with van der Waals surface area (Å²) in [6.07, 6.45) is 0. The lowest BCUT2D eigenvalue weighted by Gasteiger charge is -2.12. The van der Waals surface area contributed by atoms with Crippen LogP contribution in [0, 0.1) is 0 Å². The zero-order chi connectivity index (χ0) is 29.7. The summed E-state index contributed by atoms with van der Waals surface area (Å²) in [5, 5.41) is 3.57. The van der Waals surface area contributed by atoms with Gasteiger partial charge in [-0.05, 0) is 46.8 Å². The van der Waals surface area contributed by atoms with Crippen molar-refractivity contribution in [3.05, 3.63) is 158 Å². The number of hydrogen-bond acceptors (Lipinski definition) is 3. The number of nitrogens with zero attached hydrogens (tertiary/aromatic N) is 4. The van der Waals surface area contributed by atoms with E-state index in [0.717, 1.165) is 67.0 Å². The summed E-state index contributed by atoms with van der Waals surface area (Å²) < 4.78 is 2.30. The Morgan fingerprint density at radius 1 is 0.356 bits per heavy atom. The van der Waals surface area contributed by atoms with Crippen LogP contribution < -0.4 is 0 Å². The Bertz CT molecular complexity index is 2460. The van der Waals surface area contributed by atoms with Gasteiger partial charge in [-0.2, -0.15) is 0 Å². The molecule has 0 aliphatic carbocycles. The van der Waals surface area contributed by atoms with Crippen LogP contribution in [-0.2, 0) is 0 Å². The van der Waals surface area contributed by atoms with Gasteiger partial charge in [0.2, 0.25) is 0 Å². The lowest BCUT2D eigenvalue weighted by atomic mass is 9.98. The molecule has 0 aliphatic rings. The molecule has 0 aliphatic heterocycles. The summed E-state index contributed by atoms with van der Waals surface area (Å²) in [7, 11) is 0. The molecule has 0 spiro atoms. The monoisotopic (exact) mass is 574 g/mol. The van der Waals surface area contributed by atoms with Gasteiger partial charge in [-0.15, -0.1) is 0 Å². The van der Waals surface area contributed by atoms with Gasteiger partial charge in [0.15, 0.2) is 5.82 Å². The molecule has 0 radical (unpaired) electrons. The summed E-state index contributed by atoms with van der Waals surface area (Å²) in [5.74, 6) is 0.718. The number of fused-ring (bicyclic) bond motifs is 8. The average Bonchev–Trinajstić information content (AvgIpc) is 3.52. The molecule has 210 valence electrons. The predicted molar refractivity (Wildman–Crippen MR) is 185 cm³/mol. The van der Waals surface area contributed by atoms with E-state index in [0.29, 0.717) is 0 Å². The van der Waals surface area contributed by atoms with Crippen molar-refractivity contribution < 1.29 is 0 Å². The number of hydrogen-bond donors (Lipinski definition) is 0. The quantitative estimate of drug-likeness (QED) is 0.196. The van der Waals surface area contributed by atoms with E-state index in [1.54, 1.807) is 0 Å². The van der Waals surface area contributed by atoms with Crippen LogP contribution in [0.15, 0.2) is 158 Å². The van der Waals surface area contributed by atoms with Crippen molar-refractivity contribution in [2.24, 2.45) is 0 Å². The lowest BCUT2D eigenvalue weighted by molar-refractivity contribution is 1.18. The number of rotatable bonds is 4. The first-order chi connectivity index (χ1) is 22.3. The first-order valence-corrected chi connectivity index (χ1v) is 15.1. The highest BCUT2D eigenvalue weighted by molar-refractivity contribution is 6.14. The average molecular weight is 575 g/mol. The molecule has 0 bridgehead atoms. The fourth-order valence-electron chi connectivity index (χ4n) is 6.39. The highest BCUT2D eigenvalue weighted by Gasteiger charge is 2.15. The van der Waals surface area contributed by atoms with Gasteiger partial charge in [-0.1, -0.05) is 127 Å². The molecule has 45 heavy (non-hydrogen) atoms. The third-order valence-electron chi connectivity index (χ3n) is 8.60. The minimum atomic E-state index is 0.718. The predicted octanol–water partition coefficient (Wildman–Crippen LogP) is 10.3. The molecule has 9 rings (SSSR count). The van der Waals surface area contributed by atoms with Crippen molar-refractivity contribution in [2.75, 3.05) is 0 Å². The largest absolute Gasteiger partial charge is 0.292 e. The molecule has 9 aromatic rings. The molecule has 3 heterocycles. The van der Waals surface area contributed by atoms with Gasteiger partial charge in [0.25, 0.3) is 0 Å². The van der Waals surface area contributed by atoms with Crippen molar-refractivity contribution in [1.29, 1.82) is 0 Å². The topological polar surface area (TPSA) is 43.1 Å². The molecular weight excluding hydrogens is 548 g/mol. The maximum atomic E-state index is 5.02. The third kappa shape index (κ3) is 4.27. The number of aromatic nitrogens is 4. The second kappa shape index (κ2) is 10.2. The second-order valence-electron chi connectivity index (χ2n) is 11.3. The minimum Gasteiger partial charge on any atom is -0.292 e. The van der Waals surface area contributed by atoms with Gasteiger partial charge in [-0.3, -0.25) is 4.40 Å². The van der Waals surface area contributed by atoms with E-state index in [2.05, 4.69) is 120 Å². The zero-order valence-corrected chi connectivity index (χ0v) is 24.3. The molecular formula is C41H26N4. The second-order valence-corrected chi connectivity index (χ2v) is 11.3. The summed E-state index contributed by atoms with van der Waals surface area (Å²) in [4.78, 5) is 15.0. The van der Waals surface area contributed by atoms with Crippen molar-refractivity contribution in [3.63, 3.8) is 0 Å². The Morgan fingerprint density at radius 2 is 0.933 bits per heavy atom. The fraction of sp³-hybridized carbons (Fsp3) is 0. The van der Waals surface area contributed by atoms with Gasteiger partial charge in [0.1, 0.15) is 5.65 Å². The Morgan fingerprint density at radius 3 is 1.69 bits per heavy atom.